The van der Waals surface area contributed by atoms with E-state index in [0.29, 0.717) is 31.1 Å². The average Bonchev–Trinajstić information content (AvgIpc) is 2.69. The summed E-state index contributed by atoms with van der Waals surface area (Å²) in [4.78, 5) is 14.7. The summed E-state index contributed by atoms with van der Waals surface area (Å²) in [6.07, 6.45) is 1.09. The molecule has 0 aliphatic rings. The minimum absolute atomic E-state index is 0.356. The molecule has 29 heavy (non-hydrogen) atoms. The Morgan fingerprint density at radius 1 is 1.07 bits per heavy atom. The van der Waals surface area contributed by atoms with Gasteiger partial charge in [0.2, 0.25) is 15.9 Å². The lowest BCUT2D eigenvalue weighted by molar-refractivity contribution is -0.121. The van der Waals surface area contributed by atoms with Crippen molar-refractivity contribution in [1.82, 2.24) is 5.32 Å². The first-order valence-corrected chi connectivity index (χ1v) is 11.3. The molecule has 1 atom stereocenters. The number of anilines is 2. The van der Waals surface area contributed by atoms with Crippen molar-refractivity contribution >= 4 is 27.3 Å². The van der Waals surface area contributed by atoms with Crippen molar-refractivity contribution in [2.75, 3.05) is 42.2 Å². The molecule has 0 spiro atoms. The van der Waals surface area contributed by atoms with Crippen LogP contribution >= 0.6 is 0 Å². The Balaban J connectivity index is 2.03. The van der Waals surface area contributed by atoms with Crippen LogP contribution in [0.4, 0.5) is 11.4 Å². The van der Waals surface area contributed by atoms with Crippen molar-refractivity contribution in [3.8, 4) is 5.75 Å². The van der Waals surface area contributed by atoms with Gasteiger partial charge in [-0.1, -0.05) is 18.2 Å². The van der Waals surface area contributed by atoms with Crippen LogP contribution in [0.25, 0.3) is 0 Å². The van der Waals surface area contributed by atoms with Gasteiger partial charge in [-0.2, -0.15) is 0 Å². The number of para-hydroxylation sites is 1. The fraction of sp³-hybridized carbons (Fsp3) is 0.381. The smallest absolute Gasteiger partial charge is 0.243 e. The molecule has 2 rings (SSSR count). The predicted octanol–water partition coefficient (Wildman–Crippen LogP) is 2.49. The first kappa shape index (κ1) is 22.5. The normalized spacial score (nSPS) is 12.1. The van der Waals surface area contributed by atoms with Gasteiger partial charge in [0.1, 0.15) is 11.8 Å². The van der Waals surface area contributed by atoms with Crippen molar-refractivity contribution in [1.29, 1.82) is 0 Å². The van der Waals surface area contributed by atoms with Gasteiger partial charge < -0.3 is 15.0 Å². The van der Waals surface area contributed by atoms with Gasteiger partial charge in [-0.3, -0.25) is 9.10 Å². The fourth-order valence-electron chi connectivity index (χ4n) is 2.97. The number of carbonyl (C=O) groups is 1. The number of ether oxygens (including phenoxy) is 1. The molecular formula is C21H29N3O4S. The third kappa shape index (κ3) is 6.39. The first-order valence-electron chi connectivity index (χ1n) is 9.50. The zero-order valence-electron chi connectivity index (χ0n) is 17.3. The molecule has 0 bridgehead atoms. The van der Waals surface area contributed by atoms with Crippen LogP contribution in [0.5, 0.6) is 5.75 Å². The molecule has 0 radical (unpaired) electrons. The highest BCUT2D eigenvalue weighted by molar-refractivity contribution is 7.92. The number of sulfonamides is 1. The third-order valence-electron chi connectivity index (χ3n) is 4.43. The molecule has 0 aromatic heterocycles. The Morgan fingerprint density at radius 3 is 2.24 bits per heavy atom. The molecule has 8 heteroatoms. The monoisotopic (exact) mass is 419 g/mol. The molecule has 2 aromatic rings. The highest BCUT2D eigenvalue weighted by atomic mass is 32.2. The van der Waals surface area contributed by atoms with E-state index in [1.165, 1.54) is 0 Å². The Labute approximate surface area is 173 Å². The van der Waals surface area contributed by atoms with Crippen molar-refractivity contribution in [3.05, 3.63) is 54.6 Å². The van der Waals surface area contributed by atoms with E-state index < -0.39 is 16.1 Å². The van der Waals surface area contributed by atoms with Crippen molar-refractivity contribution in [2.24, 2.45) is 0 Å². The lowest BCUT2D eigenvalue weighted by Gasteiger charge is -2.28. The number of carbonyl (C=O) groups excluding carboxylic acids is 1. The number of hydrogen-bond donors (Lipinski definition) is 1. The molecule has 0 saturated carbocycles. The molecule has 0 saturated heterocycles. The van der Waals surface area contributed by atoms with Gasteiger partial charge in [0.05, 0.1) is 18.6 Å². The maximum absolute atomic E-state index is 12.6. The molecule has 0 aliphatic heterocycles. The molecule has 2 aromatic carbocycles. The summed E-state index contributed by atoms with van der Waals surface area (Å²) in [5.41, 5.74) is 1.46. The Morgan fingerprint density at radius 2 is 1.69 bits per heavy atom. The van der Waals surface area contributed by atoms with Crippen LogP contribution in [-0.2, 0) is 14.8 Å². The predicted molar refractivity (Wildman–Crippen MR) is 117 cm³/mol. The van der Waals surface area contributed by atoms with Gasteiger partial charge in [0.25, 0.3) is 0 Å². The van der Waals surface area contributed by atoms with Gasteiger partial charge >= 0.3 is 0 Å². The molecule has 0 heterocycles. The van der Waals surface area contributed by atoms with Crippen LogP contribution in [0.2, 0.25) is 0 Å². The number of likely N-dealkylation sites (N-methyl/N-ethyl adjacent to an activating group) is 1. The Hall–Kier alpha value is -2.74. The minimum atomic E-state index is -3.65. The first-order chi connectivity index (χ1) is 13.7. The van der Waals surface area contributed by atoms with Crippen LogP contribution in [0.3, 0.4) is 0 Å². The summed E-state index contributed by atoms with van der Waals surface area (Å²) >= 11 is 0. The molecular weight excluding hydrogens is 390 g/mol. The number of nitrogens with zero attached hydrogens (tertiary/aromatic N) is 2. The van der Waals surface area contributed by atoms with Crippen molar-refractivity contribution in [2.45, 2.75) is 19.9 Å². The topological polar surface area (TPSA) is 79.0 Å². The Bertz CT molecular complexity index is 886. The molecule has 158 valence electrons. The molecule has 7 nitrogen and oxygen atoms in total. The van der Waals surface area contributed by atoms with E-state index in [0.717, 1.165) is 16.2 Å². The maximum atomic E-state index is 12.6. The van der Waals surface area contributed by atoms with Gasteiger partial charge in [0, 0.05) is 25.8 Å². The second kappa shape index (κ2) is 10.2. The van der Waals surface area contributed by atoms with E-state index in [-0.39, 0.29) is 5.91 Å². The van der Waals surface area contributed by atoms with Crippen molar-refractivity contribution < 1.29 is 17.9 Å². The van der Waals surface area contributed by atoms with E-state index in [9.17, 15) is 13.2 Å². The van der Waals surface area contributed by atoms with E-state index >= 15 is 0 Å². The number of rotatable bonds is 10. The zero-order valence-corrected chi connectivity index (χ0v) is 18.1. The average molecular weight is 420 g/mol. The van der Waals surface area contributed by atoms with E-state index in [1.54, 1.807) is 31.2 Å². The van der Waals surface area contributed by atoms with Crippen LogP contribution in [0, 0.1) is 0 Å². The summed E-state index contributed by atoms with van der Waals surface area (Å²) in [6, 6.07) is 15.6. The van der Waals surface area contributed by atoms with Crippen LogP contribution < -0.4 is 19.3 Å². The largest absolute Gasteiger partial charge is 0.494 e. The quantitative estimate of drug-likeness (QED) is 0.640. The molecule has 1 unspecified atom stereocenters. The lowest BCUT2D eigenvalue weighted by atomic mass is 10.2. The van der Waals surface area contributed by atoms with Gasteiger partial charge in [-0.05, 0) is 50.2 Å². The van der Waals surface area contributed by atoms with Gasteiger partial charge in [-0.25, -0.2) is 8.42 Å². The lowest BCUT2D eigenvalue weighted by Crippen LogP contribution is -2.49. The summed E-state index contributed by atoms with van der Waals surface area (Å²) in [5.74, 6) is 0.288. The van der Waals surface area contributed by atoms with Crippen LogP contribution in [0.15, 0.2) is 54.6 Å². The second-order valence-electron chi connectivity index (χ2n) is 6.71. The summed E-state index contributed by atoms with van der Waals surface area (Å²) < 4.78 is 31.2. The summed E-state index contributed by atoms with van der Waals surface area (Å²) in [5, 5.41) is 2.83. The molecule has 0 aliphatic carbocycles. The van der Waals surface area contributed by atoms with Crippen LogP contribution in [0.1, 0.15) is 13.8 Å². The van der Waals surface area contributed by atoms with Gasteiger partial charge in [-0.15, -0.1) is 0 Å². The summed E-state index contributed by atoms with van der Waals surface area (Å²) in [7, 11) is -1.71. The van der Waals surface area contributed by atoms with E-state index in [1.807, 2.05) is 49.2 Å². The number of amides is 1. The van der Waals surface area contributed by atoms with E-state index in [2.05, 4.69) is 5.32 Å². The highest BCUT2D eigenvalue weighted by Crippen LogP contribution is 2.24. The van der Waals surface area contributed by atoms with Crippen molar-refractivity contribution in [3.63, 3.8) is 0 Å². The minimum Gasteiger partial charge on any atom is -0.494 e. The molecule has 0 fully saturated rings. The fourth-order valence-corrected chi connectivity index (χ4v) is 4.15. The highest BCUT2D eigenvalue weighted by Gasteiger charge is 2.29. The van der Waals surface area contributed by atoms with E-state index in [4.69, 9.17) is 4.74 Å². The Kier molecular flexibility index (Phi) is 7.90. The van der Waals surface area contributed by atoms with Crippen LogP contribution in [-0.4, -0.2) is 53.4 Å². The molecule has 1 N–H and O–H groups in total. The zero-order chi connectivity index (χ0) is 21.4. The molecule has 1 amide bonds. The standard InChI is InChI=1S/C21H29N3O4S/c1-5-28-20-13-11-19(12-14-20)24(29(4,26)27)17(2)21(25)22-15-16-23(3)18-9-7-6-8-10-18/h6-14,17H,5,15-16H2,1-4H3,(H,22,25). The SMILES string of the molecule is CCOc1ccc(N(C(C)C(=O)NCCN(C)c2ccccc2)S(C)(=O)=O)cc1. The third-order valence-corrected chi connectivity index (χ3v) is 5.68. The maximum Gasteiger partial charge on any atom is 0.243 e. The number of benzene rings is 2. The number of nitrogens with one attached hydrogen (secondary N) is 1. The second-order valence-corrected chi connectivity index (χ2v) is 8.57. The van der Waals surface area contributed by atoms with Gasteiger partial charge in [0.15, 0.2) is 0 Å². The number of hydrogen-bond acceptors (Lipinski definition) is 5. The summed E-state index contributed by atoms with van der Waals surface area (Å²) in [6.45, 7) is 4.97.